The third-order valence-corrected chi connectivity index (χ3v) is 6.75. The van der Waals surface area contributed by atoms with E-state index in [1.807, 2.05) is 22.9 Å². The molecule has 1 atom stereocenters. The summed E-state index contributed by atoms with van der Waals surface area (Å²) < 4.78 is 55.9. The van der Waals surface area contributed by atoms with Crippen LogP contribution in [-0.4, -0.2) is 23.8 Å². The van der Waals surface area contributed by atoms with Crippen LogP contribution in [0.3, 0.4) is 0 Å². The molecule has 22 heavy (non-hydrogen) atoms. The Bertz CT molecular complexity index is 812. The quantitative estimate of drug-likeness (QED) is 0.789. The second-order valence-electron chi connectivity index (χ2n) is 5.12. The molecule has 8 heteroatoms. The maximum atomic E-state index is 14.0. The molecule has 0 saturated heterocycles. The number of rotatable bonds is 2. The van der Waals surface area contributed by atoms with Crippen LogP contribution in [0.1, 0.15) is 18.7 Å². The van der Waals surface area contributed by atoms with Crippen molar-refractivity contribution < 1.29 is 17.2 Å². The monoisotopic (exact) mass is 390 g/mol. The van der Waals surface area contributed by atoms with Gasteiger partial charge in [-0.2, -0.15) is 4.31 Å². The average molecular weight is 391 g/mol. The lowest BCUT2D eigenvalue weighted by Gasteiger charge is -2.34. The van der Waals surface area contributed by atoms with Gasteiger partial charge in [-0.15, -0.1) is 0 Å². The van der Waals surface area contributed by atoms with Crippen molar-refractivity contribution in [3.63, 3.8) is 0 Å². The predicted molar refractivity (Wildman–Crippen MR) is 80.8 cm³/mol. The highest BCUT2D eigenvalue weighted by Crippen LogP contribution is 2.35. The van der Waals surface area contributed by atoms with Gasteiger partial charge in [0.1, 0.15) is 16.5 Å². The summed E-state index contributed by atoms with van der Waals surface area (Å²) >= 11 is 2.95. The van der Waals surface area contributed by atoms with Crippen LogP contribution in [-0.2, 0) is 16.6 Å². The fraction of sp³-hybridized carbons (Fsp3) is 0.286. The molecule has 1 aromatic carbocycles. The summed E-state index contributed by atoms with van der Waals surface area (Å²) in [5, 5.41) is 0. The van der Waals surface area contributed by atoms with Gasteiger partial charge in [-0.05, 0) is 41.1 Å². The van der Waals surface area contributed by atoms with Crippen molar-refractivity contribution in [2.45, 2.75) is 24.4 Å². The molecule has 0 N–H and O–H groups in total. The number of sulfonamides is 1. The van der Waals surface area contributed by atoms with Gasteiger partial charge in [-0.1, -0.05) is 0 Å². The molecule has 0 spiro atoms. The fourth-order valence-electron chi connectivity index (χ4n) is 2.78. The van der Waals surface area contributed by atoms with E-state index in [0.29, 0.717) is 12.6 Å². The van der Waals surface area contributed by atoms with E-state index in [9.17, 15) is 17.2 Å². The Morgan fingerprint density at radius 2 is 2.00 bits per heavy atom. The Morgan fingerprint density at radius 1 is 1.27 bits per heavy atom. The predicted octanol–water partition coefficient (Wildman–Crippen LogP) is 3.29. The van der Waals surface area contributed by atoms with Gasteiger partial charge < -0.3 is 4.57 Å². The minimum Gasteiger partial charge on any atom is -0.349 e. The first kappa shape index (κ1) is 15.6. The maximum Gasteiger partial charge on any atom is 0.247 e. The molecule has 2 heterocycles. The summed E-state index contributed by atoms with van der Waals surface area (Å²) in [4.78, 5) is -0.527. The van der Waals surface area contributed by atoms with E-state index in [4.69, 9.17) is 0 Å². The smallest absolute Gasteiger partial charge is 0.247 e. The van der Waals surface area contributed by atoms with Crippen molar-refractivity contribution in [2.75, 3.05) is 6.54 Å². The van der Waals surface area contributed by atoms with Gasteiger partial charge in [0, 0.05) is 35.5 Å². The highest BCUT2D eigenvalue weighted by Gasteiger charge is 2.36. The van der Waals surface area contributed by atoms with Crippen LogP contribution in [0.15, 0.2) is 39.8 Å². The van der Waals surface area contributed by atoms with Crippen molar-refractivity contribution >= 4 is 26.0 Å². The van der Waals surface area contributed by atoms with E-state index >= 15 is 0 Å². The van der Waals surface area contributed by atoms with Crippen molar-refractivity contribution in [1.82, 2.24) is 8.87 Å². The first-order valence-electron chi connectivity index (χ1n) is 6.64. The van der Waals surface area contributed by atoms with Crippen LogP contribution in [0.5, 0.6) is 0 Å². The molecule has 1 aliphatic rings. The summed E-state index contributed by atoms with van der Waals surface area (Å²) in [6.45, 7) is 2.47. The van der Waals surface area contributed by atoms with Crippen LogP contribution >= 0.6 is 15.9 Å². The lowest BCUT2D eigenvalue weighted by atomic mass is 10.2. The second-order valence-corrected chi connectivity index (χ2v) is 7.80. The van der Waals surface area contributed by atoms with Crippen LogP contribution in [0, 0.1) is 11.6 Å². The topological polar surface area (TPSA) is 42.3 Å². The lowest BCUT2D eigenvalue weighted by Crippen LogP contribution is -2.41. The number of halogens is 3. The Balaban J connectivity index is 2.09. The zero-order valence-corrected chi connectivity index (χ0v) is 14.0. The highest BCUT2D eigenvalue weighted by atomic mass is 79.9. The Morgan fingerprint density at radius 3 is 2.68 bits per heavy atom. The van der Waals surface area contributed by atoms with E-state index in [0.717, 1.165) is 11.8 Å². The van der Waals surface area contributed by atoms with Gasteiger partial charge in [0.05, 0.1) is 6.04 Å². The minimum atomic E-state index is -4.08. The average Bonchev–Trinajstić information content (AvgIpc) is 2.86. The van der Waals surface area contributed by atoms with E-state index in [1.54, 1.807) is 6.92 Å². The normalized spacial score (nSPS) is 19.2. The summed E-state index contributed by atoms with van der Waals surface area (Å²) in [5.74, 6) is -1.93. The van der Waals surface area contributed by atoms with Gasteiger partial charge in [0.25, 0.3) is 0 Å². The van der Waals surface area contributed by atoms with Crippen molar-refractivity contribution in [1.29, 1.82) is 0 Å². The third-order valence-electron chi connectivity index (χ3n) is 3.82. The summed E-state index contributed by atoms with van der Waals surface area (Å²) in [6.07, 6.45) is 1.88. The fourth-order valence-corrected chi connectivity index (χ4v) is 5.49. The van der Waals surface area contributed by atoms with Crippen LogP contribution in [0.25, 0.3) is 0 Å². The number of benzene rings is 1. The summed E-state index contributed by atoms with van der Waals surface area (Å²) in [6, 6.07) is 4.78. The SMILES string of the molecule is C[C@H]1c2cccn2CCN1S(=O)(=O)c1c(F)cc(F)cc1Br. The molecule has 2 aromatic rings. The molecule has 0 saturated carbocycles. The molecular weight excluding hydrogens is 378 g/mol. The van der Waals surface area contributed by atoms with E-state index in [2.05, 4.69) is 15.9 Å². The van der Waals surface area contributed by atoms with Crippen LogP contribution in [0.4, 0.5) is 8.78 Å². The number of hydrogen-bond acceptors (Lipinski definition) is 2. The highest BCUT2D eigenvalue weighted by molar-refractivity contribution is 9.10. The van der Waals surface area contributed by atoms with Gasteiger partial charge in [0.2, 0.25) is 10.0 Å². The maximum absolute atomic E-state index is 14.0. The lowest BCUT2D eigenvalue weighted by molar-refractivity contribution is 0.281. The molecule has 0 unspecified atom stereocenters. The summed E-state index contributed by atoms with van der Waals surface area (Å²) in [5.41, 5.74) is 0.841. The molecule has 1 aliphatic heterocycles. The van der Waals surface area contributed by atoms with Gasteiger partial charge >= 0.3 is 0 Å². The molecule has 0 amide bonds. The molecular formula is C14H13BrF2N2O2S. The molecule has 0 radical (unpaired) electrons. The number of nitrogens with zero attached hydrogens (tertiary/aromatic N) is 2. The number of hydrogen-bond donors (Lipinski definition) is 0. The molecule has 0 bridgehead atoms. The van der Waals surface area contributed by atoms with Gasteiger partial charge in [-0.25, -0.2) is 17.2 Å². The number of fused-ring (bicyclic) bond motifs is 1. The number of aromatic nitrogens is 1. The molecule has 118 valence electrons. The molecule has 3 rings (SSSR count). The van der Waals surface area contributed by atoms with Crippen molar-refractivity contribution in [3.8, 4) is 0 Å². The molecule has 1 aromatic heterocycles. The Hall–Kier alpha value is -1.25. The Kier molecular flexibility index (Phi) is 3.86. The van der Waals surface area contributed by atoms with E-state index < -0.39 is 32.6 Å². The zero-order valence-electron chi connectivity index (χ0n) is 11.6. The van der Waals surface area contributed by atoms with E-state index in [1.165, 1.54) is 4.31 Å². The first-order chi connectivity index (χ1) is 10.3. The van der Waals surface area contributed by atoms with Crippen molar-refractivity contribution in [2.24, 2.45) is 0 Å². The first-order valence-corrected chi connectivity index (χ1v) is 8.87. The second kappa shape index (κ2) is 5.43. The Labute approximate surface area is 135 Å². The van der Waals surface area contributed by atoms with Gasteiger partial charge in [-0.3, -0.25) is 0 Å². The molecule has 0 fully saturated rings. The standard InChI is InChI=1S/C14H13BrF2N2O2S/c1-9-13-3-2-4-18(13)5-6-19(9)22(20,21)14-11(15)7-10(16)8-12(14)17/h2-4,7-9H,5-6H2,1H3/t9-/m0/s1. The minimum absolute atomic E-state index is 0.113. The zero-order chi connectivity index (χ0) is 16.1. The largest absolute Gasteiger partial charge is 0.349 e. The third kappa shape index (κ3) is 2.39. The van der Waals surface area contributed by atoms with E-state index in [-0.39, 0.29) is 11.0 Å². The van der Waals surface area contributed by atoms with Crippen LogP contribution in [0.2, 0.25) is 0 Å². The molecule has 0 aliphatic carbocycles. The summed E-state index contributed by atoms with van der Waals surface area (Å²) in [7, 11) is -4.08. The molecule has 4 nitrogen and oxygen atoms in total. The van der Waals surface area contributed by atoms with Crippen molar-refractivity contribution in [3.05, 3.63) is 52.3 Å². The van der Waals surface area contributed by atoms with Gasteiger partial charge in [0.15, 0.2) is 0 Å². The van der Waals surface area contributed by atoms with Crippen LogP contribution < -0.4 is 0 Å².